The molecule has 1 unspecified atom stereocenters. The van der Waals surface area contributed by atoms with Crippen molar-refractivity contribution < 1.29 is 18.8 Å². The quantitative estimate of drug-likeness (QED) is 0.874. The molecule has 2 amide bonds. The number of hydrogen-bond acceptors (Lipinski definition) is 5. The molecule has 0 saturated carbocycles. The number of methoxy groups -OCH3 is 1. The topological polar surface area (TPSA) is 84.7 Å². The Balaban J connectivity index is 1.62. The van der Waals surface area contributed by atoms with E-state index in [1.807, 2.05) is 23.1 Å². The number of rotatable bonds is 5. The summed E-state index contributed by atoms with van der Waals surface area (Å²) in [5.41, 5.74) is 0.896. The fraction of sp³-hybridized carbons (Fsp3) is 0.450. The summed E-state index contributed by atoms with van der Waals surface area (Å²) in [6.07, 6.45) is 2.00. The van der Waals surface area contributed by atoms with Crippen LogP contribution in [0.4, 0.5) is 0 Å². The number of benzene rings is 1. The third-order valence-electron chi connectivity index (χ3n) is 4.91. The standard InChI is InChI=1S/C20H25N3O4/c1-13-7-9-23(10-8-13)20(25)14(2)21-19(24)17-12-18(27-22-17)15-5-4-6-16(11-15)26-3/h4-6,11-14H,7-10H2,1-3H3,(H,21,24). The van der Waals surface area contributed by atoms with Gasteiger partial charge in [0.1, 0.15) is 11.8 Å². The van der Waals surface area contributed by atoms with Gasteiger partial charge in [-0.25, -0.2) is 0 Å². The van der Waals surface area contributed by atoms with Gasteiger partial charge in [0.25, 0.3) is 5.91 Å². The van der Waals surface area contributed by atoms with Crippen molar-refractivity contribution in [2.45, 2.75) is 32.7 Å². The number of likely N-dealkylation sites (tertiary alicyclic amines) is 1. The van der Waals surface area contributed by atoms with E-state index in [0.29, 0.717) is 17.4 Å². The molecule has 1 aliphatic heterocycles. The van der Waals surface area contributed by atoms with Crippen molar-refractivity contribution >= 4 is 11.8 Å². The van der Waals surface area contributed by atoms with Gasteiger partial charge in [0.05, 0.1) is 7.11 Å². The van der Waals surface area contributed by atoms with Crippen LogP contribution in [0.3, 0.4) is 0 Å². The Morgan fingerprint density at radius 1 is 1.30 bits per heavy atom. The highest BCUT2D eigenvalue weighted by molar-refractivity contribution is 5.96. The first-order valence-corrected chi connectivity index (χ1v) is 9.18. The Morgan fingerprint density at radius 2 is 2.04 bits per heavy atom. The van der Waals surface area contributed by atoms with E-state index in [9.17, 15) is 9.59 Å². The van der Waals surface area contributed by atoms with Gasteiger partial charge in [-0.15, -0.1) is 0 Å². The van der Waals surface area contributed by atoms with E-state index >= 15 is 0 Å². The molecular weight excluding hydrogens is 346 g/mol. The molecular formula is C20H25N3O4. The summed E-state index contributed by atoms with van der Waals surface area (Å²) in [6.45, 7) is 5.37. The van der Waals surface area contributed by atoms with Crippen molar-refractivity contribution in [1.29, 1.82) is 0 Å². The SMILES string of the molecule is COc1cccc(-c2cc(C(=O)NC(C)C(=O)N3CCC(C)CC3)no2)c1. The van der Waals surface area contributed by atoms with Crippen LogP contribution in [0, 0.1) is 5.92 Å². The van der Waals surface area contributed by atoms with E-state index in [4.69, 9.17) is 9.26 Å². The monoisotopic (exact) mass is 371 g/mol. The molecule has 1 saturated heterocycles. The molecule has 2 aromatic rings. The number of piperidine rings is 1. The van der Waals surface area contributed by atoms with E-state index < -0.39 is 11.9 Å². The molecule has 1 aromatic heterocycles. The fourth-order valence-corrected chi connectivity index (χ4v) is 3.13. The Morgan fingerprint density at radius 3 is 2.74 bits per heavy atom. The summed E-state index contributed by atoms with van der Waals surface area (Å²) in [5, 5.41) is 6.54. The normalized spacial score (nSPS) is 16.0. The molecule has 1 aromatic carbocycles. The van der Waals surface area contributed by atoms with E-state index in [0.717, 1.165) is 31.5 Å². The molecule has 0 spiro atoms. The molecule has 7 heteroatoms. The first kappa shape index (κ1) is 18.9. The predicted octanol–water partition coefficient (Wildman–Crippen LogP) is 2.73. The number of carbonyl (C=O) groups is 2. The summed E-state index contributed by atoms with van der Waals surface area (Å²) >= 11 is 0. The first-order valence-electron chi connectivity index (χ1n) is 9.18. The van der Waals surface area contributed by atoms with Gasteiger partial charge in [0.15, 0.2) is 11.5 Å². The third-order valence-corrected chi connectivity index (χ3v) is 4.91. The highest BCUT2D eigenvalue weighted by Gasteiger charge is 2.26. The number of amides is 2. The number of ether oxygens (including phenoxy) is 1. The maximum absolute atomic E-state index is 12.5. The van der Waals surface area contributed by atoms with Crippen molar-refractivity contribution in [3.63, 3.8) is 0 Å². The second kappa shape index (κ2) is 8.24. The minimum Gasteiger partial charge on any atom is -0.497 e. The Labute approximate surface area is 158 Å². The molecule has 27 heavy (non-hydrogen) atoms. The molecule has 1 fully saturated rings. The predicted molar refractivity (Wildman–Crippen MR) is 100 cm³/mol. The molecule has 1 atom stereocenters. The molecule has 2 heterocycles. The van der Waals surface area contributed by atoms with Crippen LogP contribution in [0.15, 0.2) is 34.9 Å². The smallest absolute Gasteiger partial charge is 0.274 e. The molecule has 3 rings (SSSR count). The Bertz CT molecular complexity index is 809. The molecule has 0 radical (unpaired) electrons. The lowest BCUT2D eigenvalue weighted by molar-refractivity contribution is -0.134. The van der Waals surface area contributed by atoms with Gasteiger partial charge in [-0.3, -0.25) is 9.59 Å². The maximum Gasteiger partial charge on any atom is 0.274 e. The Hall–Kier alpha value is -2.83. The largest absolute Gasteiger partial charge is 0.497 e. The van der Waals surface area contributed by atoms with Crippen molar-refractivity contribution in [2.75, 3.05) is 20.2 Å². The van der Waals surface area contributed by atoms with Gasteiger partial charge in [-0.05, 0) is 37.8 Å². The Kier molecular flexibility index (Phi) is 5.78. The highest BCUT2D eigenvalue weighted by atomic mass is 16.5. The van der Waals surface area contributed by atoms with Crippen LogP contribution in [-0.2, 0) is 4.79 Å². The minimum absolute atomic E-state index is 0.0632. The third kappa shape index (κ3) is 4.48. The molecule has 7 nitrogen and oxygen atoms in total. The van der Waals surface area contributed by atoms with E-state index in [-0.39, 0.29) is 11.6 Å². The zero-order valence-corrected chi connectivity index (χ0v) is 15.9. The second-order valence-corrected chi connectivity index (χ2v) is 7.01. The fourth-order valence-electron chi connectivity index (χ4n) is 3.13. The van der Waals surface area contributed by atoms with Crippen LogP contribution in [-0.4, -0.2) is 48.1 Å². The average molecular weight is 371 g/mol. The lowest BCUT2D eigenvalue weighted by atomic mass is 9.99. The van der Waals surface area contributed by atoms with Crippen LogP contribution in [0.25, 0.3) is 11.3 Å². The van der Waals surface area contributed by atoms with Gasteiger partial charge in [0.2, 0.25) is 5.91 Å². The van der Waals surface area contributed by atoms with Gasteiger partial charge in [0, 0.05) is 24.7 Å². The zero-order chi connectivity index (χ0) is 19.4. The average Bonchev–Trinajstić information content (AvgIpc) is 3.18. The van der Waals surface area contributed by atoms with Crippen LogP contribution in [0.1, 0.15) is 37.2 Å². The van der Waals surface area contributed by atoms with Crippen molar-refractivity contribution in [3.05, 3.63) is 36.0 Å². The minimum atomic E-state index is -0.608. The number of hydrogen-bond donors (Lipinski definition) is 1. The summed E-state index contributed by atoms with van der Waals surface area (Å²) in [5.74, 6) is 1.29. The van der Waals surface area contributed by atoms with Crippen LogP contribution in [0.2, 0.25) is 0 Å². The maximum atomic E-state index is 12.5. The van der Waals surface area contributed by atoms with E-state index in [1.165, 1.54) is 0 Å². The first-order chi connectivity index (χ1) is 13.0. The summed E-state index contributed by atoms with van der Waals surface area (Å²) in [7, 11) is 1.58. The molecule has 1 N–H and O–H groups in total. The van der Waals surface area contributed by atoms with Gasteiger partial charge >= 0.3 is 0 Å². The van der Waals surface area contributed by atoms with Crippen LogP contribution in [0.5, 0.6) is 5.75 Å². The number of nitrogens with zero attached hydrogens (tertiary/aromatic N) is 2. The summed E-state index contributed by atoms with van der Waals surface area (Å²) in [6, 6.07) is 8.24. The zero-order valence-electron chi connectivity index (χ0n) is 15.9. The number of carbonyl (C=O) groups excluding carboxylic acids is 2. The summed E-state index contributed by atoms with van der Waals surface area (Å²) < 4.78 is 10.5. The van der Waals surface area contributed by atoms with Crippen molar-refractivity contribution in [1.82, 2.24) is 15.4 Å². The van der Waals surface area contributed by atoms with Crippen LogP contribution >= 0.6 is 0 Å². The number of nitrogens with one attached hydrogen (secondary N) is 1. The molecule has 0 aliphatic carbocycles. The molecule has 1 aliphatic rings. The second-order valence-electron chi connectivity index (χ2n) is 7.01. The van der Waals surface area contributed by atoms with E-state index in [2.05, 4.69) is 17.4 Å². The summed E-state index contributed by atoms with van der Waals surface area (Å²) in [4.78, 5) is 26.8. The van der Waals surface area contributed by atoms with Crippen LogP contribution < -0.4 is 10.1 Å². The van der Waals surface area contributed by atoms with Gasteiger partial charge in [-0.2, -0.15) is 0 Å². The highest BCUT2D eigenvalue weighted by Crippen LogP contribution is 2.24. The molecule has 0 bridgehead atoms. The van der Waals surface area contributed by atoms with E-state index in [1.54, 1.807) is 26.2 Å². The van der Waals surface area contributed by atoms with Gasteiger partial charge < -0.3 is 19.5 Å². The van der Waals surface area contributed by atoms with Crippen molar-refractivity contribution in [2.24, 2.45) is 5.92 Å². The molecule has 144 valence electrons. The number of aromatic nitrogens is 1. The lowest BCUT2D eigenvalue weighted by Gasteiger charge is -2.32. The van der Waals surface area contributed by atoms with Gasteiger partial charge in [-0.1, -0.05) is 24.2 Å². The lowest BCUT2D eigenvalue weighted by Crippen LogP contribution is -2.49. The van der Waals surface area contributed by atoms with Crippen molar-refractivity contribution in [3.8, 4) is 17.1 Å².